The highest BCUT2D eigenvalue weighted by Gasteiger charge is 2.42. The number of nitrogens with zero attached hydrogens (tertiary/aromatic N) is 1. The van der Waals surface area contributed by atoms with Gasteiger partial charge in [-0.15, -0.1) is 0 Å². The Kier molecular flexibility index (Phi) is 7.69. The Morgan fingerprint density at radius 3 is 2.27 bits per heavy atom. The molecule has 1 aliphatic rings. The van der Waals surface area contributed by atoms with Gasteiger partial charge < -0.3 is 28.3 Å². The molecule has 1 atom stereocenters. The summed E-state index contributed by atoms with van der Waals surface area (Å²) < 4.78 is 28.5. The molecule has 0 saturated heterocycles. The van der Waals surface area contributed by atoms with Gasteiger partial charge in [0.15, 0.2) is 28.4 Å². The second-order valence-corrected chi connectivity index (χ2v) is 10.1. The summed E-state index contributed by atoms with van der Waals surface area (Å²) >= 11 is 0. The molecule has 8 heteroatoms. The number of para-hydroxylation sites is 1. The van der Waals surface area contributed by atoms with Crippen LogP contribution in [-0.2, 0) is 6.42 Å². The third kappa shape index (κ3) is 4.97. The summed E-state index contributed by atoms with van der Waals surface area (Å²) in [6.45, 7) is 5.02. The average Bonchev–Trinajstić information content (AvgIpc) is 3.25. The highest BCUT2D eigenvalue weighted by Crippen LogP contribution is 2.41. The van der Waals surface area contributed by atoms with Crippen molar-refractivity contribution in [3.63, 3.8) is 0 Å². The quantitative estimate of drug-likeness (QED) is 0.256. The Morgan fingerprint density at radius 1 is 0.850 bits per heavy atom. The average molecular weight is 544 g/mol. The van der Waals surface area contributed by atoms with Crippen LogP contribution in [0.2, 0.25) is 0 Å². The van der Waals surface area contributed by atoms with E-state index in [-0.39, 0.29) is 17.1 Å². The lowest BCUT2D eigenvalue weighted by Gasteiger charge is -2.26. The van der Waals surface area contributed by atoms with E-state index in [0.29, 0.717) is 65.0 Å². The van der Waals surface area contributed by atoms with Crippen molar-refractivity contribution in [2.45, 2.75) is 26.3 Å². The number of carbonyl (C=O) groups is 1. The van der Waals surface area contributed by atoms with Crippen LogP contribution in [0, 0.1) is 5.92 Å². The first-order chi connectivity index (χ1) is 19.4. The van der Waals surface area contributed by atoms with Crippen molar-refractivity contribution in [3.8, 4) is 23.0 Å². The van der Waals surface area contributed by atoms with Gasteiger partial charge in [0.25, 0.3) is 5.91 Å². The largest absolute Gasteiger partial charge is 0.493 e. The standard InChI is InChI=1S/C32H33NO7/c1-19(2)18-39-25-13-11-21(17-27(25)38-5)29-28-30(34)22-8-6-7-9-23(22)40-31(28)32(35)33(29)15-14-20-10-12-24(36-3)26(16-20)37-4/h6-13,16-17,19,29H,14-15,18H2,1-5H3. The molecule has 4 aromatic rings. The molecule has 0 fully saturated rings. The van der Waals surface area contributed by atoms with Gasteiger partial charge >= 0.3 is 0 Å². The van der Waals surface area contributed by atoms with Crippen LogP contribution in [-0.4, -0.2) is 45.3 Å². The molecule has 1 amide bonds. The molecule has 0 aliphatic carbocycles. The van der Waals surface area contributed by atoms with E-state index in [2.05, 4.69) is 13.8 Å². The number of amides is 1. The molecular weight excluding hydrogens is 510 g/mol. The van der Waals surface area contributed by atoms with E-state index in [1.165, 1.54) is 0 Å². The summed E-state index contributed by atoms with van der Waals surface area (Å²) in [5, 5.41) is 0.435. The topological polar surface area (TPSA) is 87.4 Å². The third-order valence-corrected chi connectivity index (χ3v) is 7.04. The first-order valence-corrected chi connectivity index (χ1v) is 13.2. The van der Waals surface area contributed by atoms with Crippen LogP contribution in [0.1, 0.15) is 47.1 Å². The van der Waals surface area contributed by atoms with Crippen LogP contribution >= 0.6 is 0 Å². The first kappa shape index (κ1) is 27.1. The smallest absolute Gasteiger partial charge is 0.290 e. The second kappa shape index (κ2) is 11.3. The van der Waals surface area contributed by atoms with Gasteiger partial charge in [0.1, 0.15) is 5.58 Å². The van der Waals surface area contributed by atoms with Gasteiger partial charge in [-0.25, -0.2) is 0 Å². The summed E-state index contributed by atoms with van der Waals surface area (Å²) in [7, 11) is 4.75. The molecule has 0 bridgehead atoms. The highest BCUT2D eigenvalue weighted by molar-refractivity contribution is 5.99. The third-order valence-electron chi connectivity index (χ3n) is 7.04. The molecule has 1 aromatic heterocycles. The van der Waals surface area contributed by atoms with Gasteiger partial charge in [-0.1, -0.05) is 38.1 Å². The van der Waals surface area contributed by atoms with Crippen LogP contribution in [0.5, 0.6) is 23.0 Å². The van der Waals surface area contributed by atoms with Gasteiger partial charge in [0.05, 0.1) is 44.9 Å². The lowest BCUT2D eigenvalue weighted by molar-refractivity contribution is 0.0730. The predicted octanol–water partition coefficient (Wildman–Crippen LogP) is 5.64. The number of benzene rings is 3. The zero-order valence-electron chi connectivity index (χ0n) is 23.4. The molecule has 208 valence electrons. The van der Waals surface area contributed by atoms with Crippen molar-refractivity contribution in [2.75, 3.05) is 34.5 Å². The van der Waals surface area contributed by atoms with Crippen molar-refractivity contribution < 1.29 is 28.2 Å². The predicted molar refractivity (Wildman–Crippen MR) is 152 cm³/mol. The van der Waals surface area contributed by atoms with Gasteiger partial charge in [-0.2, -0.15) is 0 Å². The van der Waals surface area contributed by atoms with Gasteiger partial charge in [-0.3, -0.25) is 9.59 Å². The fraction of sp³-hybridized carbons (Fsp3) is 0.312. The van der Waals surface area contributed by atoms with Crippen LogP contribution < -0.4 is 24.4 Å². The monoisotopic (exact) mass is 543 g/mol. The second-order valence-electron chi connectivity index (χ2n) is 10.1. The molecule has 1 aliphatic heterocycles. The Labute approximate surface area is 233 Å². The number of hydrogen-bond donors (Lipinski definition) is 0. The van der Waals surface area contributed by atoms with E-state index in [4.69, 9.17) is 23.4 Å². The molecule has 1 unspecified atom stereocenters. The SMILES string of the molecule is COc1ccc(CCN2C(=O)c3oc4ccccc4c(=O)c3C2c2ccc(OCC(C)C)c(OC)c2)cc1OC. The molecule has 8 nitrogen and oxygen atoms in total. The van der Waals surface area contributed by atoms with Crippen molar-refractivity contribution in [2.24, 2.45) is 5.92 Å². The Hall–Kier alpha value is -4.46. The minimum atomic E-state index is -0.656. The van der Waals surface area contributed by atoms with E-state index in [0.717, 1.165) is 11.1 Å². The van der Waals surface area contributed by atoms with E-state index in [1.807, 2.05) is 36.4 Å². The Balaban J connectivity index is 1.58. The zero-order valence-corrected chi connectivity index (χ0v) is 23.4. The van der Waals surface area contributed by atoms with E-state index < -0.39 is 6.04 Å². The number of rotatable bonds is 10. The number of carbonyl (C=O) groups excluding carboxylic acids is 1. The molecule has 0 spiro atoms. The maximum absolute atomic E-state index is 13.8. The van der Waals surface area contributed by atoms with Crippen LogP contribution in [0.15, 0.2) is 69.9 Å². The maximum Gasteiger partial charge on any atom is 0.290 e. The van der Waals surface area contributed by atoms with Crippen LogP contribution in [0.3, 0.4) is 0 Å². The summed E-state index contributed by atoms with van der Waals surface area (Å²) in [6, 6.07) is 17.5. The fourth-order valence-electron chi connectivity index (χ4n) is 5.06. The molecule has 40 heavy (non-hydrogen) atoms. The Bertz CT molecular complexity index is 1610. The normalized spacial score (nSPS) is 14.5. The lowest BCUT2D eigenvalue weighted by Crippen LogP contribution is -2.31. The Morgan fingerprint density at radius 2 is 1.55 bits per heavy atom. The van der Waals surface area contributed by atoms with Crippen molar-refractivity contribution >= 4 is 16.9 Å². The van der Waals surface area contributed by atoms with E-state index >= 15 is 0 Å². The lowest BCUT2D eigenvalue weighted by atomic mass is 9.97. The summed E-state index contributed by atoms with van der Waals surface area (Å²) in [5.74, 6) is 2.45. The molecule has 3 aromatic carbocycles. The van der Waals surface area contributed by atoms with Gasteiger partial charge in [-0.05, 0) is 59.9 Å². The highest BCUT2D eigenvalue weighted by atomic mass is 16.5. The zero-order chi connectivity index (χ0) is 28.4. The number of methoxy groups -OCH3 is 3. The minimum absolute atomic E-state index is 0.0695. The fourth-order valence-corrected chi connectivity index (χ4v) is 5.06. The minimum Gasteiger partial charge on any atom is -0.493 e. The van der Waals surface area contributed by atoms with Crippen molar-refractivity contribution in [3.05, 3.63) is 93.3 Å². The van der Waals surface area contributed by atoms with Crippen LogP contribution in [0.25, 0.3) is 11.0 Å². The molecule has 0 saturated carbocycles. The summed E-state index contributed by atoms with van der Waals surface area (Å²) in [4.78, 5) is 29.3. The van der Waals surface area contributed by atoms with E-state index in [9.17, 15) is 9.59 Å². The summed E-state index contributed by atoms with van der Waals surface area (Å²) in [5.41, 5.74) is 2.18. The molecule has 5 rings (SSSR count). The van der Waals surface area contributed by atoms with Crippen molar-refractivity contribution in [1.82, 2.24) is 4.90 Å². The molecule has 2 heterocycles. The number of hydrogen-bond acceptors (Lipinski definition) is 7. The van der Waals surface area contributed by atoms with E-state index in [1.54, 1.807) is 50.5 Å². The summed E-state index contributed by atoms with van der Waals surface area (Å²) in [6.07, 6.45) is 0.525. The molecule has 0 N–H and O–H groups in total. The van der Waals surface area contributed by atoms with Gasteiger partial charge in [0.2, 0.25) is 5.76 Å². The first-order valence-electron chi connectivity index (χ1n) is 13.2. The maximum atomic E-state index is 13.8. The number of fused-ring (bicyclic) bond motifs is 2. The van der Waals surface area contributed by atoms with Gasteiger partial charge in [0, 0.05) is 6.54 Å². The molecular formula is C32H33NO7. The molecule has 0 radical (unpaired) electrons. The van der Waals surface area contributed by atoms with Crippen LogP contribution in [0.4, 0.5) is 0 Å². The van der Waals surface area contributed by atoms with Crippen molar-refractivity contribution in [1.29, 1.82) is 0 Å². The number of ether oxygens (including phenoxy) is 4.